The number of halogens is 3. The molecule has 0 saturated carbocycles. The minimum Gasteiger partial charge on any atom is -0.309 e. The van der Waals surface area contributed by atoms with Crippen molar-refractivity contribution >= 4 is 27.5 Å². The Morgan fingerprint density at radius 2 is 0.740 bits per heavy atom. The molecule has 342 valence electrons. The predicted molar refractivity (Wildman–Crippen MR) is 284 cm³/mol. The largest absolute Gasteiger partial charge is 0.417 e. The van der Waals surface area contributed by atoms with Crippen molar-refractivity contribution in [3.8, 4) is 102 Å². The third-order valence-corrected chi connectivity index (χ3v) is 13.4. The van der Waals surface area contributed by atoms with E-state index in [4.69, 9.17) is 6.57 Å². The van der Waals surface area contributed by atoms with Crippen LogP contribution < -0.4 is 0 Å². The molecule has 73 heavy (non-hydrogen) atoms. The number of alkyl halides is 3. The minimum atomic E-state index is -4.61. The van der Waals surface area contributed by atoms with Gasteiger partial charge in [-0.2, -0.15) is 29.0 Å². The molecule has 0 amide bonds. The number of aromatic nitrogens is 1. The first-order chi connectivity index (χ1) is 35.6. The fraction of sp³-hybridized carbons (Fsp3) is 0.0154. The molecule has 0 aliphatic rings. The lowest BCUT2D eigenvalue weighted by molar-refractivity contribution is -0.137. The number of nitrogens with zero attached hydrogens (tertiary/aromatic N) is 5. The second kappa shape index (κ2) is 18.6. The number of benzene rings is 10. The van der Waals surface area contributed by atoms with Gasteiger partial charge < -0.3 is 4.57 Å². The summed E-state index contributed by atoms with van der Waals surface area (Å²) in [5.41, 5.74) is 13.1. The molecular formula is C65H36F3N5. The molecule has 0 atom stereocenters. The lowest BCUT2D eigenvalue weighted by Gasteiger charge is -2.18. The topological polar surface area (TPSA) is 80.7 Å². The Kier molecular flexibility index (Phi) is 11.5. The van der Waals surface area contributed by atoms with Crippen LogP contribution in [0.4, 0.5) is 18.9 Å². The van der Waals surface area contributed by atoms with Crippen LogP contribution in [0, 0.1) is 40.6 Å². The second-order valence-corrected chi connectivity index (χ2v) is 17.6. The van der Waals surface area contributed by atoms with Gasteiger partial charge in [0, 0.05) is 16.3 Å². The summed E-state index contributed by atoms with van der Waals surface area (Å²) in [6, 6.07) is 73.7. The van der Waals surface area contributed by atoms with Gasteiger partial charge in [-0.25, -0.2) is 4.85 Å². The number of nitriles is 3. The number of hydrogen-bond donors (Lipinski definition) is 0. The van der Waals surface area contributed by atoms with Gasteiger partial charge in [-0.3, -0.25) is 0 Å². The number of rotatable bonds is 8. The summed E-state index contributed by atoms with van der Waals surface area (Å²) in [4.78, 5) is 3.84. The van der Waals surface area contributed by atoms with E-state index in [1.54, 1.807) is 42.5 Å². The van der Waals surface area contributed by atoms with Gasteiger partial charge in [-0.15, -0.1) is 0 Å². The van der Waals surface area contributed by atoms with Crippen LogP contribution in [0.1, 0.15) is 22.3 Å². The van der Waals surface area contributed by atoms with Gasteiger partial charge >= 0.3 is 6.18 Å². The Morgan fingerprint density at radius 3 is 1.19 bits per heavy atom. The van der Waals surface area contributed by atoms with Crippen molar-refractivity contribution in [3.63, 3.8) is 0 Å². The first kappa shape index (κ1) is 45.2. The zero-order chi connectivity index (χ0) is 50.2. The summed E-state index contributed by atoms with van der Waals surface area (Å²) < 4.78 is 46.3. The Balaban J connectivity index is 1.20. The summed E-state index contributed by atoms with van der Waals surface area (Å²) >= 11 is 0. The molecule has 0 fully saturated rings. The van der Waals surface area contributed by atoms with E-state index in [-0.39, 0.29) is 5.56 Å². The monoisotopic (exact) mass is 943 g/mol. The molecule has 11 rings (SSSR count). The van der Waals surface area contributed by atoms with Crippen molar-refractivity contribution in [1.29, 1.82) is 15.8 Å². The fourth-order valence-electron chi connectivity index (χ4n) is 10.0. The van der Waals surface area contributed by atoms with Crippen LogP contribution in [0.3, 0.4) is 0 Å². The molecule has 0 spiro atoms. The number of fused-ring (bicyclic) bond motifs is 3. The van der Waals surface area contributed by atoms with Gasteiger partial charge in [-0.1, -0.05) is 127 Å². The van der Waals surface area contributed by atoms with Crippen molar-refractivity contribution in [1.82, 2.24) is 4.57 Å². The zero-order valence-electron chi connectivity index (χ0n) is 38.7. The summed E-state index contributed by atoms with van der Waals surface area (Å²) in [6.45, 7) is 8.01. The zero-order valence-corrected chi connectivity index (χ0v) is 38.7. The predicted octanol–water partition coefficient (Wildman–Crippen LogP) is 17.6. The maximum Gasteiger partial charge on any atom is 0.417 e. The normalized spacial score (nSPS) is 11.2. The lowest BCUT2D eigenvalue weighted by Crippen LogP contribution is -2.08. The molecule has 0 radical (unpaired) electrons. The fourth-order valence-corrected chi connectivity index (χ4v) is 10.0. The number of hydrogen-bond acceptors (Lipinski definition) is 3. The van der Waals surface area contributed by atoms with E-state index in [9.17, 15) is 29.0 Å². The average Bonchev–Trinajstić information content (AvgIpc) is 3.77. The van der Waals surface area contributed by atoms with E-state index in [1.807, 2.05) is 150 Å². The van der Waals surface area contributed by atoms with Gasteiger partial charge in [0.1, 0.15) is 0 Å². The van der Waals surface area contributed by atoms with E-state index in [0.717, 1.165) is 94.6 Å². The maximum absolute atomic E-state index is 14.8. The molecule has 5 nitrogen and oxygen atoms in total. The minimum absolute atomic E-state index is 0.0511. The van der Waals surface area contributed by atoms with E-state index in [1.165, 1.54) is 12.1 Å². The van der Waals surface area contributed by atoms with Crippen LogP contribution in [0.5, 0.6) is 0 Å². The van der Waals surface area contributed by atoms with Gasteiger partial charge in [0.15, 0.2) is 5.69 Å². The van der Waals surface area contributed by atoms with Crippen LogP contribution >= 0.6 is 0 Å². The average molecular weight is 944 g/mol. The molecule has 0 bridgehead atoms. The molecule has 8 heteroatoms. The molecule has 10 aromatic carbocycles. The molecule has 0 N–H and O–H groups in total. The van der Waals surface area contributed by atoms with Crippen LogP contribution in [-0.2, 0) is 6.18 Å². The first-order valence-corrected chi connectivity index (χ1v) is 23.3. The quantitative estimate of drug-likeness (QED) is 0.142. The molecule has 0 saturated heterocycles. The third kappa shape index (κ3) is 8.22. The highest BCUT2D eigenvalue weighted by molar-refractivity contribution is 6.12. The van der Waals surface area contributed by atoms with Gasteiger partial charge in [0.05, 0.1) is 63.8 Å². The van der Waals surface area contributed by atoms with E-state index < -0.39 is 11.7 Å². The van der Waals surface area contributed by atoms with Crippen molar-refractivity contribution in [2.75, 3.05) is 0 Å². The highest BCUT2D eigenvalue weighted by Crippen LogP contribution is 2.45. The highest BCUT2D eigenvalue weighted by Gasteiger charge is 2.34. The first-order valence-electron chi connectivity index (χ1n) is 23.3. The molecule has 0 aliphatic heterocycles. The van der Waals surface area contributed by atoms with E-state index in [0.29, 0.717) is 33.6 Å². The molecular weight excluding hydrogens is 908 g/mol. The van der Waals surface area contributed by atoms with Crippen LogP contribution in [-0.4, -0.2) is 4.57 Å². The smallest absolute Gasteiger partial charge is 0.309 e. The third-order valence-electron chi connectivity index (χ3n) is 13.4. The van der Waals surface area contributed by atoms with Crippen LogP contribution in [0.25, 0.3) is 110 Å². The van der Waals surface area contributed by atoms with Crippen molar-refractivity contribution < 1.29 is 13.2 Å². The standard InChI is InChI=1S/C65H36F3N5/c1-72-61-24-12-9-20-55(61)51-33-47(32-50(35-51)54-19-7-4-16-45(54)40-71)42-27-29-64-59(37-42)58-36-41(26-28-63(58)73(64)62-25-13-10-22-57(62)56-21-8-11-23-60(56)65(66,67)68)46-30-48(52-17-5-2-14-43(52)38-69)34-49(31-46)53-18-6-3-15-44(53)39-70/h2-37H. The SMILES string of the molecule is [C-]#[N+]c1ccccc1-c1cc(-c2ccc3c(c2)c2cc(-c4cc(-c5ccccc5C#N)cc(-c5ccccc5C#N)c4)ccc2n3-c2ccccc2-c2ccccc2C(F)(F)F)cc(-c2ccccc2C#N)c1. The van der Waals surface area contributed by atoms with Gasteiger partial charge in [0.25, 0.3) is 0 Å². The Morgan fingerprint density at radius 1 is 0.370 bits per heavy atom. The molecule has 1 aromatic heterocycles. The van der Waals surface area contributed by atoms with Crippen molar-refractivity contribution in [2.24, 2.45) is 0 Å². The molecule has 0 aliphatic carbocycles. The summed E-state index contributed by atoms with van der Waals surface area (Å²) in [5, 5.41) is 32.3. The highest BCUT2D eigenvalue weighted by atomic mass is 19.4. The Labute approximate surface area is 419 Å². The van der Waals surface area contributed by atoms with Gasteiger partial charge in [-0.05, 0) is 163 Å². The summed E-state index contributed by atoms with van der Waals surface area (Å²) in [7, 11) is 0. The molecule has 11 aromatic rings. The maximum atomic E-state index is 14.8. The summed E-state index contributed by atoms with van der Waals surface area (Å²) in [5.74, 6) is 0. The number of para-hydroxylation sites is 2. The Bertz CT molecular complexity index is 3840. The van der Waals surface area contributed by atoms with E-state index >= 15 is 0 Å². The lowest BCUT2D eigenvalue weighted by atomic mass is 9.90. The Hall–Kier alpha value is -10.3. The summed E-state index contributed by atoms with van der Waals surface area (Å²) in [6.07, 6.45) is -4.61. The van der Waals surface area contributed by atoms with E-state index in [2.05, 4.69) is 35.2 Å². The van der Waals surface area contributed by atoms with Crippen molar-refractivity contribution in [2.45, 2.75) is 6.18 Å². The van der Waals surface area contributed by atoms with Gasteiger partial charge in [0.2, 0.25) is 0 Å². The second-order valence-electron chi connectivity index (χ2n) is 17.6. The molecule has 0 unspecified atom stereocenters. The van der Waals surface area contributed by atoms with Crippen LogP contribution in [0.15, 0.2) is 218 Å². The van der Waals surface area contributed by atoms with Crippen LogP contribution in [0.2, 0.25) is 0 Å². The molecule has 1 heterocycles. The van der Waals surface area contributed by atoms with Crippen molar-refractivity contribution in [3.05, 3.63) is 252 Å².